The second-order valence-electron chi connectivity index (χ2n) is 4.34. The Bertz CT molecular complexity index is 603. The van der Waals surface area contributed by atoms with E-state index in [9.17, 15) is 4.79 Å². The van der Waals surface area contributed by atoms with Crippen LogP contribution >= 0.6 is 0 Å². The summed E-state index contributed by atoms with van der Waals surface area (Å²) >= 11 is 0. The Balaban J connectivity index is 1.81. The maximum absolute atomic E-state index is 12.0. The molecule has 3 rings (SSSR count). The summed E-state index contributed by atoms with van der Waals surface area (Å²) in [5, 5.41) is 10.2. The van der Waals surface area contributed by atoms with Crippen molar-refractivity contribution in [3.8, 4) is 0 Å². The van der Waals surface area contributed by atoms with Crippen LogP contribution < -0.4 is 10.6 Å². The van der Waals surface area contributed by atoms with Crippen molar-refractivity contribution in [3.05, 3.63) is 41.7 Å². The molecule has 0 saturated heterocycles. The molecule has 0 fully saturated rings. The zero-order chi connectivity index (χ0) is 12.5. The first-order valence-electron chi connectivity index (χ1n) is 5.90. The van der Waals surface area contributed by atoms with Crippen LogP contribution in [0.4, 0.5) is 11.4 Å². The number of hydrogen-bond acceptors (Lipinski definition) is 3. The van der Waals surface area contributed by atoms with Crippen LogP contribution in [0.1, 0.15) is 16.1 Å². The Kier molecular flexibility index (Phi) is 2.51. The van der Waals surface area contributed by atoms with Crippen LogP contribution in [-0.4, -0.2) is 22.2 Å². The molecule has 1 aliphatic rings. The number of nitrogens with zero attached hydrogens (tertiary/aromatic N) is 2. The zero-order valence-corrected chi connectivity index (χ0v) is 10.1. The van der Waals surface area contributed by atoms with Gasteiger partial charge in [-0.3, -0.25) is 9.48 Å². The SMILES string of the molecule is Cn1nccc1C(=O)Nc1ccc2c(c1)CCN2. The van der Waals surface area contributed by atoms with Gasteiger partial charge in [-0.1, -0.05) is 0 Å². The van der Waals surface area contributed by atoms with E-state index in [1.165, 1.54) is 5.56 Å². The van der Waals surface area contributed by atoms with Gasteiger partial charge < -0.3 is 10.6 Å². The lowest BCUT2D eigenvalue weighted by Crippen LogP contribution is -2.16. The second-order valence-corrected chi connectivity index (χ2v) is 4.34. The smallest absolute Gasteiger partial charge is 0.273 e. The first-order chi connectivity index (χ1) is 8.74. The molecule has 0 bridgehead atoms. The molecule has 92 valence electrons. The molecule has 1 aromatic carbocycles. The van der Waals surface area contributed by atoms with Crippen molar-refractivity contribution < 1.29 is 4.79 Å². The lowest BCUT2D eigenvalue weighted by Gasteiger charge is -2.07. The van der Waals surface area contributed by atoms with Gasteiger partial charge in [-0.25, -0.2) is 0 Å². The molecule has 0 atom stereocenters. The molecule has 2 N–H and O–H groups in total. The molecule has 0 saturated carbocycles. The van der Waals surface area contributed by atoms with Crippen LogP contribution in [0.15, 0.2) is 30.5 Å². The van der Waals surface area contributed by atoms with Crippen LogP contribution in [-0.2, 0) is 13.5 Å². The normalized spacial score (nSPS) is 12.9. The third-order valence-corrected chi connectivity index (χ3v) is 3.13. The molecule has 1 aliphatic heterocycles. The molecule has 5 nitrogen and oxygen atoms in total. The van der Waals surface area contributed by atoms with Gasteiger partial charge in [-0.15, -0.1) is 0 Å². The fourth-order valence-corrected chi connectivity index (χ4v) is 2.17. The lowest BCUT2D eigenvalue weighted by molar-refractivity contribution is 0.101. The Hall–Kier alpha value is -2.30. The standard InChI is InChI=1S/C13H14N4O/c1-17-12(5-7-15-17)13(18)16-10-2-3-11-9(8-10)4-6-14-11/h2-3,5,7-8,14H,4,6H2,1H3,(H,16,18). The second kappa shape index (κ2) is 4.18. The van der Waals surface area contributed by atoms with E-state index in [0.717, 1.165) is 24.3 Å². The first kappa shape index (κ1) is 10.8. The zero-order valence-electron chi connectivity index (χ0n) is 10.1. The Morgan fingerprint density at radius 1 is 1.44 bits per heavy atom. The quantitative estimate of drug-likeness (QED) is 0.841. The van der Waals surface area contributed by atoms with Crippen molar-refractivity contribution in [2.24, 2.45) is 7.05 Å². The number of fused-ring (bicyclic) bond motifs is 1. The Morgan fingerprint density at radius 3 is 3.11 bits per heavy atom. The number of carbonyl (C=O) groups excluding carboxylic acids is 1. The van der Waals surface area contributed by atoms with Crippen LogP contribution in [0.3, 0.4) is 0 Å². The number of nitrogens with one attached hydrogen (secondary N) is 2. The minimum Gasteiger partial charge on any atom is -0.384 e. The van der Waals surface area contributed by atoms with E-state index in [1.54, 1.807) is 24.0 Å². The summed E-state index contributed by atoms with van der Waals surface area (Å²) in [5.41, 5.74) is 3.78. The number of anilines is 2. The first-order valence-corrected chi connectivity index (χ1v) is 5.90. The predicted molar refractivity (Wildman–Crippen MR) is 69.8 cm³/mol. The van der Waals surface area contributed by atoms with Gasteiger partial charge in [0.15, 0.2) is 0 Å². The molecule has 5 heteroatoms. The van der Waals surface area contributed by atoms with E-state index in [-0.39, 0.29) is 5.91 Å². The predicted octanol–water partition coefficient (Wildman–Crippen LogP) is 1.64. The minimum absolute atomic E-state index is 0.138. The number of aromatic nitrogens is 2. The van der Waals surface area contributed by atoms with E-state index < -0.39 is 0 Å². The molecule has 0 spiro atoms. The fourth-order valence-electron chi connectivity index (χ4n) is 2.17. The average Bonchev–Trinajstić information content (AvgIpc) is 2.96. The summed E-state index contributed by atoms with van der Waals surface area (Å²) < 4.78 is 1.56. The molecule has 0 unspecified atom stereocenters. The molecule has 2 heterocycles. The summed E-state index contributed by atoms with van der Waals surface area (Å²) in [5.74, 6) is -0.138. The van der Waals surface area contributed by atoms with Crippen LogP contribution in [0.5, 0.6) is 0 Å². The molecule has 18 heavy (non-hydrogen) atoms. The molecule has 2 aromatic rings. The maximum atomic E-state index is 12.0. The molecule has 1 aromatic heterocycles. The molecule has 0 aliphatic carbocycles. The summed E-state index contributed by atoms with van der Waals surface area (Å²) in [7, 11) is 1.75. The van der Waals surface area contributed by atoms with Gasteiger partial charge in [-0.2, -0.15) is 5.10 Å². The Morgan fingerprint density at radius 2 is 2.33 bits per heavy atom. The van der Waals surface area contributed by atoms with Gasteiger partial charge in [0.2, 0.25) is 0 Å². The third kappa shape index (κ3) is 1.84. The molecule has 0 radical (unpaired) electrons. The maximum Gasteiger partial charge on any atom is 0.273 e. The van der Waals surface area contributed by atoms with Crippen molar-refractivity contribution in [2.45, 2.75) is 6.42 Å². The van der Waals surface area contributed by atoms with E-state index >= 15 is 0 Å². The number of hydrogen-bond donors (Lipinski definition) is 2. The number of benzene rings is 1. The van der Waals surface area contributed by atoms with E-state index in [1.807, 2.05) is 18.2 Å². The van der Waals surface area contributed by atoms with Crippen molar-refractivity contribution in [1.29, 1.82) is 0 Å². The van der Waals surface area contributed by atoms with Gasteiger partial charge in [0.25, 0.3) is 5.91 Å². The monoisotopic (exact) mass is 242 g/mol. The third-order valence-electron chi connectivity index (χ3n) is 3.13. The van der Waals surface area contributed by atoms with Gasteiger partial charge in [-0.05, 0) is 36.2 Å². The van der Waals surface area contributed by atoms with Gasteiger partial charge in [0.1, 0.15) is 5.69 Å². The summed E-state index contributed by atoms with van der Waals surface area (Å²) in [6.07, 6.45) is 2.62. The average molecular weight is 242 g/mol. The summed E-state index contributed by atoms with van der Waals surface area (Å²) in [6.45, 7) is 0.967. The van der Waals surface area contributed by atoms with E-state index in [0.29, 0.717) is 5.69 Å². The van der Waals surface area contributed by atoms with E-state index in [2.05, 4.69) is 15.7 Å². The van der Waals surface area contributed by atoms with E-state index in [4.69, 9.17) is 0 Å². The highest BCUT2D eigenvalue weighted by atomic mass is 16.2. The van der Waals surface area contributed by atoms with Crippen molar-refractivity contribution in [1.82, 2.24) is 9.78 Å². The van der Waals surface area contributed by atoms with Gasteiger partial charge in [0, 0.05) is 31.2 Å². The fraction of sp³-hybridized carbons (Fsp3) is 0.231. The van der Waals surface area contributed by atoms with Crippen molar-refractivity contribution in [2.75, 3.05) is 17.2 Å². The summed E-state index contributed by atoms with van der Waals surface area (Å²) in [6, 6.07) is 7.63. The largest absolute Gasteiger partial charge is 0.384 e. The lowest BCUT2D eigenvalue weighted by atomic mass is 10.1. The minimum atomic E-state index is -0.138. The highest BCUT2D eigenvalue weighted by molar-refractivity contribution is 6.03. The molecular weight excluding hydrogens is 228 g/mol. The molecular formula is C13H14N4O. The highest BCUT2D eigenvalue weighted by Gasteiger charge is 2.13. The summed E-state index contributed by atoms with van der Waals surface area (Å²) in [4.78, 5) is 12.0. The van der Waals surface area contributed by atoms with Gasteiger partial charge >= 0.3 is 0 Å². The molecule has 1 amide bonds. The van der Waals surface area contributed by atoms with Crippen LogP contribution in [0, 0.1) is 0 Å². The van der Waals surface area contributed by atoms with Crippen molar-refractivity contribution >= 4 is 17.3 Å². The highest BCUT2D eigenvalue weighted by Crippen LogP contribution is 2.25. The van der Waals surface area contributed by atoms with Crippen LogP contribution in [0.2, 0.25) is 0 Å². The number of carbonyl (C=O) groups is 1. The number of amides is 1. The van der Waals surface area contributed by atoms with Crippen molar-refractivity contribution in [3.63, 3.8) is 0 Å². The topological polar surface area (TPSA) is 59.0 Å². The Labute approximate surface area is 105 Å². The van der Waals surface area contributed by atoms with Gasteiger partial charge in [0.05, 0.1) is 0 Å². The number of aryl methyl sites for hydroxylation is 1. The number of rotatable bonds is 2. The van der Waals surface area contributed by atoms with Crippen LogP contribution in [0.25, 0.3) is 0 Å².